The molecule has 2 nitrogen and oxygen atoms in total. The lowest BCUT2D eigenvalue weighted by Crippen LogP contribution is -2.19. The predicted octanol–water partition coefficient (Wildman–Crippen LogP) is 7.72. The van der Waals surface area contributed by atoms with E-state index in [1.807, 2.05) is 0 Å². The van der Waals surface area contributed by atoms with Crippen LogP contribution in [-0.2, 0) is 6.18 Å². The van der Waals surface area contributed by atoms with Crippen molar-refractivity contribution in [3.05, 3.63) is 73.7 Å². The third-order valence-corrected chi connectivity index (χ3v) is 4.84. The van der Waals surface area contributed by atoms with Crippen molar-refractivity contribution >= 4 is 46.8 Å². The third-order valence-electron chi connectivity index (χ3n) is 3.79. The van der Waals surface area contributed by atoms with Crippen LogP contribution in [0.2, 0.25) is 15.1 Å². The number of rotatable bonds is 4. The molecule has 1 N–H and O–H groups in total. The van der Waals surface area contributed by atoms with E-state index in [9.17, 15) is 31.1 Å². The number of carboxylic acid groups (broad SMARTS) is 1. The van der Waals surface area contributed by atoms with E-state index in [-0.39, 0.29) is 20.6 Å². The van der Waals surface area contributed by atoms with Gasteiger partial charge in [-0.15, -0.1) is 0 Å². The zero-order valence-electron chi connectivity index (χ0n) is 13.9. The molecule has 0 radical (unpaired) electrons. The molecule has 2 rings (SSSR count). The van der Waals surface area contributed by atoms with Gasteiger partial charge in [0.15, 0.2) is 0 Å². The summed E-state index contributed by atoms with van der Waals surface area (Å²) in [5.74, 6) is -4.11. The van der Waals surface area contributed by atoms with E-state index in [0.717, 1.165) is 24.3 Å². The molecule has 0 fully saturated rings. The fourth-order valence-electron chi connectivity index (χ4n) is 2.46. The Hall–Kier alpha value is -1.90. The minimum absolute atomic E-state index is 0.0654. The van der Waals surface area contributed by atoms with Gasteiger partial charge in [0.1, 0.15) is 0 Å². The number of allylic oxidation sites excluding steroid dienone is 1. The van der Waals surface area contributed by atoms with Crippen molar-refractivity contribution in [2.24, 2.45) is 0 Å². The number of carbonyl (C=O) groups is 1. The molecule has 0 aliphatic heterocycles. The van der Waals surface area contributed by atoms with Crippen LogP contribution < -0.4 is 0 Å². The highest BCUT2D eigenvalue weighted by atomic mass is 35.5. The van der Waals surface area contributed by atoms with E-state index in [4.69, 9.17) is 39.9 Å². The molecule has 0 heterocycles. The molecule has 1 unspecified atom stereocenters. The third kappa shape index (κ3) is 5.58. The standard InChI is InChI=1S/C18H9Cl3F6O2/c19-13-7-15(21)14(20)6-10(13)11(17(22,23)24)4-2-8-1-3-9(16(28)29)12(5-8)18(25,26)27/h1-7,11H,(H,28,29)/b4-2+. The fourth-order valence-corrected chi connectivity index (χ4v) is 3.13. The maximum atomic E-state index is 13.5. The Balaban J connectivity index is 2.53. The minimum atomic E-state index is -5.01. The molecule has 0 aromatic heterocycles. The Morgan fingerprint density at radius 2 is 1.52 bits per heavy atom. The number of alkyl halides is 6. The summed E-state index contributed by atoms with van der Waals surface area (Å²) < 4.78 is 79.7. The number of hydrogen-bond acceptors (Lipinski definition) is 1. The van der Waals surface area contributed by atoms with Crippen molar-refractivity contribution in [2.45, 2.75) is 18.3 Å². The van der Waals surface area contributed by atoms with Gasteiger partial charge in [0.25, 0.3) is 0 Å². The number of aromatic carboxylic acids is 1. The van der Waals surface area contributed by atoms with Crippen LogP contribution in [0.15, 0.2) is 36.4 Å². The average molecular weight is 478 g/mol. The van der Waals surface area contributed by atoms with Crippen LogP contribution >= 0.6 is 34.8 Å². The van der Waals surface area contributed by atoms with E-state index in [1.165, 1.54) is 0 Å². The van der Waals surface area contributed by atoms with Crippen molar-refractivity contribution in [3.8, 4) is 0 Å². The highest BCUT2D eigenvalue weighted by Gasteiger charge is 2.40. The summed E-state index contributed by atoms with van der Waals surface area (Å²) in [7, 11) is 0. The Kier molecular flexibility index (Phi) is 6.82. The van der Waals surface area contributed by atoms with Crippen LogP contribution in [0, 0.1) is 0 Å². The maximum absolute atomic E-state index is 13.5. The van der Waals surface area contributed by atoms with Gasteiger partial charge in [-0.1, -0.05) is 53.0 Å². The second kappa shape index (κ2) is 8.45. The van der Waals surface area contributed by atoms with Gasteiger partial charge in [0.05, 0.1) is 27.1 Å². The zero-order valence-corrected chi connectivity index (χ0v) is 16.1. The zero-order chi connectivity index (χ0) is 22.1. The highest BCUT2D eigenvalue weighted by molar-refractivity contribution is 6.43. The van der Waals surface area contributed by atoms with Crippen LogP contribution in [0.3, 0.4) is 0 Å². The van der Waals surface area contributed by atoms with Gasteiger partial charge in [-0.3, -0.25) is 0 Å². The van der Waals surface area contributed by atoms with Crippen LogP contribution in [0.4, 0.5) is 26.3 Å². The van der Waals surface area contributed by atoms with Crippen molar-refractivity contribution in [3.63, 3.8) is 0 Å². The first-order valence-electron chi connectivity index (χ1n) is 7.55. The molecule has 1 atom stereocenters. The van der Waals surface area contributed by atoms with Gasteiger partial charge >= 0.3 is 18.3 Å². The van der Waals surface area contributed by atoms with Crippen LogP contribution in [-0.4, -0.2) is 17.3 Å². The number of halogens is 9. The second-order valence-electron chi connectivity index (χ2n) is 5.77. The summed E-state index contributed by atoms with van der Waals surface area (Å²) in [6.45, 7) is 0. The molecular weight excluding hydrogens is 469 g/mol. The van der Waals surface area contributed by atoms with E-state index in [1.54, 1.807) is 0 Å². The average Bonchev–Trinajstić information content (AvgIpc) is 2.57. The molecule has 0 aliphatic rings. The highest BCUT2D eigenvalue weighted by Crippen LogP contribution is 2.42. The van der Waals surface area contributed by atoms with E-state index in [0.29, 0.717) is 18.2 Å². The van der Waals surface area contributed by atoms with Gasteiger partial charge < -0.3 is 5.11 Å². The number of carboxylic acids is 1. The van der Waals surface area contributed by atoms with Gasteiger partial charge in [0.2, 0.25) is 0 Å². The number of benzene rings is 2. The van der Waals surface area contributed by atoms with Crippen molar-refractivity contribution in [1.82, 2.24) is 0 Å². The summed E-state index contributed by atoms with van der Waals surface area (Å²) in [4.78, 5) is 11.0. The molecule has 11 heteroatoms. The first-order chi connectivity index (χ1) is 13.2. The predicted molar refractivity (Wildman–Crippen MR) is 97.7 cm³/mol. The Labute approximate surface area is 175 Å². The van der Waals surface area contributed by atoms with E-state index in [2.05, 4.69) is 0 Å². The maximum Gasteiger partial charge on any atom is 0.417 e. The summed E-state index contributed by atoms with van der Waals surface area (Å²) >= 11 is 17.3. The lowest BCUT2D eigenvalue weighted by Gasteiger charge is -2.19. The van der Waals surface area contributed by atoms with Crippen LogP contribution in [0.1, 0.15) is 33.0 Å². The molecule has 0 bridgehead atoms. The van der Waals surface area contributed by atoms with Crippen molar-refractivity contribution < 1.29 is 36.2 Å². The summed E-state index contributed by atoms with van der Waals surface area (Å²) in [5.41, 5.74) is -3.23. The van der Waals surface area contributed by atoms with Crippen LogP contribution in [0.25, 0.3) is 6.08 Å². The first-order valence-corrected chi connectivity index (χ1v) is 8.69. The Bertz CT molecular complexity index is 967. The van der Waals surface area contributed by atoms with Crippen molar-refractivity contribution in [1.29, 1.82) is 0 Å². The Morgan fingerprint density at radius 3 is 2.03 bits per heavy atom. The molecule has 156 valence electrons. The first kappa shape index (κ1) is 23.4. The molecule has 0 saturated heterocycles. The molecule has 0 saturated carbocycles. The van der Waals surface area contributed by atoms with Gasteiger partial charge in [-0.25, -0.2) is 4.79 Å². The SMILES string of the molecule is O=C(O)c1ccc(/C=C/C(c2cc(Cl)c(Cl)cc2Cl)C(F)(F)F)cc1C(F)(F)F. The Morgan fingerprint density at radius 1 is 0.931 bits per heavy atom. The normalized spacial score (nSPS) is 13.7. The smallest absolute Gasteiger partial charge is 0.417 e. The molecule has 0 amide bonds. The molecule has 2 aromatic rings. The van der Waals surface area contributed by atoms with Crippen LogP contribution in [0.5, 0.6) is 0 Å². The molecule has 29 heavy (non-hydrogen) atoms. The van der Waals surface area contributed by atoms with Gasteiger partial charge in [-0.2, -0.15) is 26.3 Å². The topological polar surface area (TPSA) is 37.3 Å². The van der Waals surface area contributed by atoms with Gasteiger partial charge in [0, 0.05) is 5.02 Å². The van der Waals surface area contributed by atoms with Crippen molar-refractivity contribution in [2.75, 3.05) is 0 Å². The minimum Gasteiger partial charge on any atom is -0.478 e. The monoisotopic (exact) mass is 476 g/mol. The summed E-state index contributed by atoms with van der Waals surface area (Å²) in [5, 5.41) is 8.29. The molecular formula is C18H9Cl3F6O2. The molecule has 0 aliphatic carbocycles. The van der Waals surface area contributed by atoms with Gasteiger partial charge in [-0.05, 0) is 35.4 Å². The summed E-state index contributed by atoms with van der Waals surface area (Å²) in [6, 6.07) is 4.02. The quantitative estimate of drug-likeness (QED) is 0.361. The molecule has 0 spiro atoms. The van der Waals surface area contributed by atoms with E-state index >= 15 is 0 Å². The largest absolute Gasteiger partial charge is 0.478 e. The lowest BCUT2D eigenvalue weighted by molar-refractivity contribution is -0.139. The summed E-state index contributed by atoms with van der Waals surface area (Å²) in [6.07, 6.45) is -8.46. The fraction of sp³-hybridized carbons (Fsp3) is 0.167. The lowest BCUT2D eigenvalue weighted by atomic mass is 9.96. The van der Waals surface area contributed by atoms with E-state index < -0.39 is 40.9 Å². The molecule has 2 aromatic carbocycles. The number of hydrogen-bond donors (Lipinski definition) is 1. The second-order valence-corrected chi connectivity index (χ2v) is 7.00.